The molecule has 2 bridgehead atoms. The lowest BCUT2D eigenvalue weighted by Gasteiger charge is -2.41. The molecule has 4 heterocycles. The fourth-order valence-corrected chi connectivity index (χ4v) is 4.83. The van der Waals surface area contributed by atoms with Crippen LogP contribution >= 0.6 is 0 Å². The van der Waals surface area contributed by atoms with Gasteiger partial charge in [-0.1, -0.05) is 0 Å². The maximum atomic E-state index is 12.9. The van der Waals surface area contributed by atoms with E-state index < -0.39 is 0 Å². The number of piperazine rings is 1. The van der Waals surface area contributed by atoms with Gasteiger partial charge in [0.05, 0.1) is 17.4 Å². The number of anilines is 1. The highest BCUT2D eigenvalue weighted by atomic mass is 16.5. The molecular formula is C22H28N6O2. The number of aromatic nitrogens is 3. The molecule has 0 N–H and O–H groups in total. The van der Waals surface area contributed by atoms with E-state index in [-0.39, 0.29) is 30.7 Å². The number of ether oxygens (including phenoxy) is 1. The number of carbonyl (C=O) groups excluding carboxylic acids is 1. The van der Waals surface area contributed by atoms with E-state index >= 15 is 0 Å². The van der Waals surface area contributed by atoms with Crippen molar-refractivity contribution in [1.29, 1.82) is 5.26 Å². The van der Waals surface area contributed by atoms with Crippen LogP contribution in [0.15, 0.2) is 18.3 Å². The Morgan fingerprint density at radius 2 is 2.00 bits per heavy atom. The van der Waals surface area contributed by atoms with Gasteiger partial charge in [0.25, 0.3) is 0 Å². The third kappa shape index (κ3) is 3.65. The number of pyridine rings is 1. The van der Waals surface area contributed by atoms with Crippen LogP contribution in [0.5, 0.6) is 0 Å². The molecule has 8 nitrogen and oxygen atoms in total. The molecule has 2 fully saturated rings. The lowest BCUT2D eigenvalue weighted by molar-refractivity contribution is -0.139. The van der Waals surface area contributed by atoms with Crippen molar-refractivity contribution in [2.75, 3.05) is 24.6 Å². The summed E-state index contributed by atoms with van der Waals surface area (Å²) in [6.07, 6.45) is 3.52. The monoisotopic (exact) mass is 408 g/mol. The molecule has 0 saturated carbocycles. The lowest BCUT2D eigenvalue weighted by atomic mass is 10.1. The van der Waals surface area contributed by atoms with E-state index in [4.69, 9.17) is 10.00 Å². The van der Waals surface area contributed by atoms with E-state index in [1.165, 1.54) is 0 Å². The predicted octanol–water partition coefficient (Wildman–Crippen LogP) is 2.26. The fraction of sp³-hybridized carbons (Fsp3) is 0.545. The smallest absolute Gasteiger partial charge is 0.248 e. The Morgan fingerprint density at radius 1 is 1.30 bits per heavy atom. The van der Waals surface area contributed by atoms with Crippen LogP contribution in [-0.4, -0.2) is 57.4 Å². The molecule has 2 aliphatic heterocycles. The Balaban J connectivity index is 1.37. The van der Waals surface area contributed by atoms with Crippen molar-refractivity contribution in [1.82, 2.24) is 19.7 Å². The number of fused-ring (bicyclic) bond motifs is 2. The molecule has 2 aromatic rings. The minimum atomic E-state index is -0.177. The first-order valence-electron chi connectivity index (χ1n) is 10.4. The lowest BCUT2D eigenvalue weighted by Crippen LogP contribution is -2.56. The van der Waals surface area contributed by atoms with E-state index in [0.29, 0.717) is 18.7 Å². The van der Waals surface area contributed by atoms with E-state index in [2.05, 4.69) is 21.1 Å². The summed E-state index contributed by atoms with van der Waals surface area (Å²) in [4.78, 5) is 21.6. The van der Waals surface area contributed by atoms with E-state index in [0.717, 1.165) is 35.6 Å². The quantitative estimate of drug-likeness (QED) is 0.754. The third-order valence-corrected chi connectivity index (χ3v) is 6.40. The van der Waals surface area contributed by atoms with Crippen molar-refractivity contribution in [2.24, 2.45) is 7.05 Å². The summed E-state index contributed by atoms with van der Waals surface area (Å²) in [5.41, 5.74) is 3.62. The molecular weight excluding hydrogens is 380 g/mol. The molecule has 1 amide bonds. The third-order valence-electron chi connectivity index (χ3n) is 6.40. The van der Waals surface area contributed by atoms with Gasteiger partial charge in [-0.2, -0.15) is 10.4 Å². The Bertz CT molecular complexity index is 963. The van der Waals surface area contributed by atoms with Gasteiger partial charge in [-0.25, -0.2) is 4.98 Å². The first-order chi connectivity index (χ1) is 14.4. The molecule has 2 saturated heterocycles. The van der Waals surface area contributed by atoms with E-state index in [1.807, 2.05) is 43.5 Å². The van der Waals surface area contributed by atoms with Gasteiger partial charge in [0.15, 0.2) is 0 Å². The summed E-state index contributed by atoms with van der Waals surface area (Å²) in [6.45, 7) is 7.40. The average molecular weight is 409 g/mol. The number of hydrogen-bond acceptors (Lipinski definition) is 6. The van der Waals surface area contributed by atoms with Gasteiger partial charge < -0.3 is 14.5 Å². The summed E-state index contributed by atoms with van der Waals surface area (Å²) in [7, 11) is 1.92. The summed E-state index contributed by atoms with van der Waals surface area (Å²) < 4.78 is 7.79. The molecule has 0 spiro atoms. The molecule has 0 radical (unpaired) electrons. The van der Waals surface area contributed by atoms with Crippen LogP contribution in [0.2, 0.25) is 0 Å². The fourth-order valence-electron chi connectivity index (χ4n) is 4.83. The standard InChI is InChI=1S/C22H28N6O2/c1-14-22(15(2)26(4)25-14)16(3)30-13-21(29)27-11-18-6-7-19(12-27)28(18)20-8-5-17(9-23)10-24-20/h5,8,10,16,18-19H,6-7,11-13H2,1-4H3. The molecule has 8 heteroatoms. The zero-order valence-corrected chi connectivity index (χ0v) is 18.0. The Kier molecular flexibility index (Phi) is 5.48. The summed E-state index contributed by atoms with van der Waals surface area (Å²) >= 11 is 0. The Hall–Kier alpha value is -2.92. The SMILES string of the molecule is Cc1nn(C)c(C)c1C(C)OCC(=O)N1CC2CCC(C1)N2c1ccc(C#N)cn1. The van der Waals surface area contributed by atoms with Crippen LogP contribution in [0, 0.1) is 25.2 Å². The van der Waals surface area contributed by atoms with Gasteiger partial charge in [-0.05, 0) is 45.7 Å². The van der Waals surface area contributed by atoms with Gasteiger partial charge >= 0.3 is 0 Å². The first-order valence-corrected chi connectivity index (χ1v) is 10.4. The molecule has 3 atom stereocenters. The maximum Gasteiger partial charge on any atom is 0.248 e. The molecule has 30 heavy (non-hydrogen) atoms. The Labute approximate surface area is 177 Å². The van der Waals surface area contributed by atoms with Crippen LogP contribution in [-0.2, 0) is 16.6 Å². The number of hydrogen-bond donors (Lipinski definition) is 0. The highest BCUT2D eigenvalue weighted by Crippen LogP contribution is 2.34. The maximum absolute atomic E-state index is 12.9. The minimum Gasteiger partial charge on any atom is -0.364 e. The number of amides is 1. The normalized spacial score (nSPS) is 21.6. The topological polar surface area (TPSA) is 87.3 Å². The van der Waals surface area contributed by atoms with Crippen LogP contribution in [0.4, 0.5) is 5.82 Å². The number of rotatable bonds is 5. The van der Waals surface area contributed by atoms with Crippen LogP contribution < -0.4 is 4.90 Å². The summed E-state index contributed by atoms with van der Waals surface area (Å²) in [6, 6.07) is 6.33. The minimum absolute atomic E-state index is 0.0328. The predicted molar refractivity (Wildman–Crippen MR) is 112 cm³/mol. The number of nitrogens with zero attached hydrogens (tertiary/aromatic N) is 6. The first kappa shape index (κ1) is 20.4. The van der Waals surface area contributed by atoms with Crippen molar-refractivity contribution < 1.29 is 9.53 Å². The molecule has 2 aromatic heterocycles. The number of nitriles is 1. The van der Waals surface area contributed by atoms with E-state index in [9.17, 15) is 4.79 Å². The zero-order chi connectivity index (χ0) is 21.4. The highest BCUT2D eigenvalue weighted by Gasteiger charge is 2.42. The van der Waals surface area contributed by atoms with Crippen molar-refractivity contribution in [3.05, 3.63) is 40.8 Å². The Morgan fingerprint density at radius 3 is 2.53 bits per heavy atom. The number of aryl methyl sites for hydroxylation is 2. The van der Waals surface area contributed by atoms with Crippen molar-refractivity contribution in [3.63, 3.8) is 0 Å². The van der Waals surface area contributed by atoms with Gasteiger partial charge in [-0.3, -0.25) is 9.48 Å². The van der Waals surface area contributed by atoms with Crippen LogP contribution in [0.3, 0.4) is 0 Å². The molecule has 2 aliphatic rings. The molecule has 158 valence electrons. The van der Waals surface area contributed by atoms with Crippen molar-refractivity contribution in [2.45, 2.75) is 51.8 Å². The highest BCUT2D eigenvalue weighted by molar-refractivity contribution is 5.78. The molecule has 4 rings (SSSR count). The number of carbonyl (C=O) groups is 1. The second kappa shape index (κ2) is 8.07. The second-order valence-corrected chi connectivity index (χ2v) is 8.27. The van der Waals surface area contributed by atoms with Gasteiger partial charge in [0, 0.05) is 49.7 Å². The van der Waals surface area contributed by atoms with Gasteiger partial charge in [0.1, 0.15) is 18.5 Å². The van der Waals surface area contributed by atoms with Gasteiger partial charge in [-0.15, -0.1) is 0 Å². The van der Waals surface area contributed by atoms with Gasteiger partial charge in [0.2, 0.25) is 5.91 Å². The summed E-state index contributed by atoms with van der Waals surface area (Å²) in [5.74, 6) is 0.923. The zero-order valence-electron chi connectivity index (χ0n) is 18.0. The van der Waals surface area contributed by atoms with Crippen molar-refractivity contribution >= 4 is 11.7 Å². The second-order valence-electron chi connectivity index (χ2n) is 8.27. The molecule has 0 aliphatic carbocycles. The van der Waals surface area contributed by atoms with Crippen LogP contribution in [0.25, 0.3) is 0 Å². The van der Waals surface area contributed by atoms with Crippen molar-refractivity contribution in [3.8, 4) is 6.07 Å². The van der Waals surface area contributed by atoms with Crippen LogP contribution in [0.1, 0.15) is 48.4 Å². The molecule has 3 unspecified atom stereocenters. The summed E-state index contributed by atoms with van der Waals surface area (Å²) in [5, 5.41) is 13.4. The van der Waals surface area contributed by atoms with E-state index in [1.54, 1.807) is 12.3 Å². The largest absolute Gasteiger partial charge is 0.364 e. The average Bonchev–Trinajstić information content (AvgIpc) is 3.15. The molecule has 0 aromatic carbocycles. The number of likely N-dealkylation sites (tertiary alicyclic amines) is 1.